The van der Waals surface area contributed by atoms with Crippen LogP contribution in [0.1, 0.15) is 18.1 Å². The Hall–Kier alpha value is -1.32. The zero-order valence-electron chi connectivity index (χ0n) is 12.3. The van der Waals surface area contributed by atoms with Crippen LogP contribution in [0.4, 0.5) is 11.4 Å². The Morgan fingerprint density at radius 2 is 1.85 bits per heavy atom. The van der Waals surface area contributed by atoms with E-state index in [0.29, 0.717) is 0 Å². The fourth-order valence-corrected chi connectivity index (χ4v) is 2.68. The lowest BCUT2D eigenvalue weighted by molar-refractivity contribution is 0.726. The third-order valence-electron chi connectivity index (χ3n) is 3.45. The third-order valence-corrected chi connectivity index (χ3v) is 3.94. The topological polar surface area (TPSA) is 15.3 Å². The summed E-state index contributed by atoms with van der Waals surface area (Å²) in [7, 11) is 2.12. The smallest absolute Gasteiger partial charge is 0.0465 e. The summed E-state index contributed by atoms with van der Waals surface area (Å²) in [6, 6.07) is 14.9. The highest BCUT2D eigenvalue weighted by Crippen LogP contribution is 2.31. The van der Waals surface area contributed by atoms with Crippen LogP contribution in [0.2, 0.25) is 0 Å². The normalized spacial score (nSPS) is 10.6. The van der Waals surface area contributed by atoms with Crippen LogP contribution >= 0.6 is 15.9 Å². The minimum Gasteiger partial charge on any atom is -0.344 e. The molecule has 0 aliphatic carbocycles. The van der Waals surface area contributed by atoms with Crippen LogP contribution in [0.5, 0.6) is 0 Å². The highest BCUT2D eigenvalue weighted by atomic mass is 79.9. The summed E-state index contributed by atoms with van der Waals surface area (Å²) in [4.78, 5) is 2.26. The molecule has 0 fully saturated rings. The number of anilines is 2. The molecule has 0 aromatic heterocycles. The van der Waals surface area contributed by atoms with Gasteiger partial charge in [0.05, 0.1) is 0 Å². The van der Waals surface area contributed by atoms with Crippen LogP contribution < -0.4 is 10.2 Å². The Morgan fingerprint density at radius 3 is 2.55 bits per heavy atom. The molecule has 0 bridgehead atoms. The molecule has 106 valence electrons. The molecular formula is C17H21BrN2. The molecule has 0 saturated heterocycles. The van der Waals surface area contributed by atoms with Crippen molar-refractivity contribution in [3.63, 3.8) is 0 Å². The number of rotatable bonds is 5. The first-order valence-corrected chi connectivity index (χ1v) is 7.71. The molecule has 2 aromatic rings. The van der Waals surface area contributed by atoms with E-state index >= 15 is 0 Å². The molecule has 0 radical (unpaired) electrons. The molecule has 1 N–H and O–H groups in total. The number of para-hydroxylation sites is 1. The molecule has 0 aliphatic rings. The van der Waals surface area contributed by atoms with Crippen LogP contribution in [0.15, 0.2) is 46.9 Å². The summed E-state index contributed by atoms with van der Waals surface area (Å²) < 4.78 is 1.10. The quantitative estimate of drug-likeness (QED) is 0.858. The molecular weight excluding hydrogens is 312 g/mol. The number of nitrogens with zero attached hydrogens (tertiary/aromatic N) is 1. The number of benzene rings is 2. The molecule has 2 nitrogen and oxygen atoms in total. The zero-order chi connectivity index (χ0) is 14.5. The highest BCUT2D eigenvalue weighted by Gasteiger charge is 2.11. The van der Waals surface area contributed by atoms with Gasteiger partial charge in [-0.15, -0.1) is 0 Å². The van der Waals surface area contributed by atoms with Crippen LogP contribution in [0, 0.1) is 6.92 Å². The van der Waals surface area contributed by atoms with Gasteiger partial charge >= 0.3 is 0 Å². The van der Waals surface area contributed by atoms with E-state index in [2.05, 4.69) is 89.5 Å². The van der Waals surface area contributed by atoms with Crippen LogP contribution in [-0.4, -0.2) is 13.6 Å². The van der Waals surface area contributed by atoms with E-state index in [1.165, 1.54) is 22.5 Å². The maximum Gasteiger partial charge on any atom is 0.0465 e. The molecule has 2 aromatic carbocycles. The minimum absolute atomic E-state index is 0.884. The fourth-order valence-electron chi connectivity index (χ4n) is 2.33. The van der Waals surface area contributed by atoms with Crippen molar-refractivity contribution in [1.29, 1.82) is 0 Å². The van der Waals surface area contributed by atoms with Crippen molar-refractivity contribution in [3.8, 4) is 0 Å². The Kier molecular flexibility index (Phi) is 5.21. The van der Waals surface area contributed by atoms with Gasteiger partial charge < -0.3 is 10.2 Å². The summed E-state index contributed by atoms with van der Waals surface area (Å²) in [6.07, 6.45) is 0. The van der Waals surface area contributed by atoms with Gasteiger partial charge in [-0.1, -0.05) is 47.1 Å². The van der Waals surface area contributed by atoms with Crippen molar-refractivity contribution in [2.24, 2.45) is 0 Å². The molecule has 0 saturated carbocycles. The van der Waals surface area contributed by atoms with Crippen LogP contribution in [-0.2, 0) is 6.54 Å². The van der Waals surface area contributed by atoms with Crippen molar-refractivity contribution in [3.05, 3.63) is 58.1 Å². The second-order valence-electron chi connectivity index (χ2n) is 4.90. The number of halogens is 1. The predicted molar refractivity (Wildman–Crippen MR) is 90.8 cm³/mol. The van der Waals surface area contributed by atoms with E-state index < -0.39 is 0 Å². The number of hydrogen-bond donors (Lipinski definition) is 1. The molecule has 0 atom stereocenters. The van der Waals surface area contributed by atoms with Gasteiger partial charge in [0.1, 0.15) is 0 Å². The highest BCUT2D eigenvalue weighted by molar-refractivity contribution is 9.10. The lowest BCUT2D eigenvalue weighted by Crippen LogP contribution is -2.17. The average molecular weight is 333 g/mol. The monoisotopic (exact) mass is 332 g/mol. The third kappa shape index (κ3) is 3.41. The second-order valence-corrected chi connectivity index (χ2v) is 5.81. The largest absolute Gasteiger partial charge is 0.344 e. The molecule has 20 heavy (non-hydrogen) atoms. The predicted octanol–water partition coefficient (Wildman–Crippen LogP) is 4.63. The summed E-state index contributed by atoms with van der Waals surface area (Å²) >= 11 is 3.58. The van der Waals surface area contributed by atoms with Gasteiger partial charge in [-0.25, -0.2) is 0 Å². The van der Waals surface area contributed by atoms with Crippen molar-refractivity contribution in [1.82, 2.24) is 5.32 Å². The first-order chi connectivity index (χ1) is 9.63. The standard InChI is InChI=1S/C17H21BrN2/c1-4-19-12-14-9-10-15(18)11-17(14)20(3)16-8-6-5-7-13(16)2/h5-11,19H,4,12H2,1-3H3. The summed E-state index contributed by atoms with van der Waals surface area (Å²) in [5, 5.41) is 3.40. The lowest BCUT2D eigenvalue weighted by atomic mass is 10.1. The molecule has 0 aliphatic heterocycles. The Bertz CT molecular complexity index is 581. The molecule has 2 rings (SSSR count). The number of aryl methyl sites for hydroxylation is 1. The summed E-state index contributed by atoms with van der Waals surface area (Å²) in [6.45, 7) is 6.14. The maximum absolute atomic E-state index is 3.58. The minimum atomic E-state index is 0.884. The van der Waals surface area contributed by atoms with Gasteiger partial charge in [0, 0.05) is 29.4 Å². The van der Waals surface area contributed by atoms with Gasteiger partial charge in [0.2, 0.25) is 0 Å². The van der Waals surface area contributed by atoms with Crippen molar-refractivity contribution < 1.29 is 0 Å². The van der Waals surface area contributed by atoms with Gasteiger partial charge in [0.15, 0.2) is 0 Å². The Balaban J connectivity index is 2.40. The van der Waals surface area contributed by atoms with Gasteiger partial charge in [0.25, 0.3) is 0 Å². The molecule has 3 heteroatoms. The summed E-state index contributed by atoms with van der Waals surface area (Å²) in [5.74, 6) is 0. The molecule has 0 spiro atoms. The summed E-state index contributed by atoms with van der Waals surface area (Å²) in [5.41, 5.74) is 5.06. The number of hydrogen-bond acceptors (Lipinski definition) is 2. The zero-order valence-corrected chi connectivity index (χ0v) is 13.9. The van der Waals surface area contributed by atoms with E-state index in [0.717, 1.165) is 17.6 Å². The molecule has 0 heterocycles. The SMILES string of the molecule is CCNCc1ccc(Br)cc1N(C)c1ccccc1C. The van der Waals surface area contributed by atoms with Crippen molar-refractivity contribution >= 4 is 27.3 Å². The number of nitrogens with one attached hydrogen (secondary N) is 1. The van der Waals surface area contributed by atoms with E-state index in [1.54, 1.807) is 0 Å². The maximum atomic E-state index is 3.58. The molecule has 0 amide bonds. The van der Waals surface area contributed by atoms with Crippen LogP contribution in [0.25, 0.3) is 0 Å². The lowest BCUT2D eigenvalue weighted by Gasteiger charge is -2.25. The van der Waals surface area contributed by atoms with Gasteiger partial charge in [-0.3, -0.25) is 0 Å². The van der Waals surface area contributed by atoms with Crippen LogP contribution in [0.3, 0.4) is 0 Å². The van der Waals surface area contributed by atoms with Gasteiger partial charge in [-0.2, -0.15) is 0 Å². The van der Waals surface area contributed by atoms with E-state index in [1.807, 2.05) is 0 Å². The average Bonchev–Trinajstić information content (AvgIpc) is 2.46. The van der Waals surface area contributed by atoms with E-state index in [9.17, 15) is 0 Å². The Morgan fingerprint density at radius 1 is 1.10 bits per heavy atom. The second kappa shape index (κ2) is 6.91. The van der Waals surface area contributed by atoms with Gasteiger partial charge in [-0.05, 0) is 42.8 Å². The fraction of sp³-hybridized carbons (Fsp3) is 0.294. The molecule has 0 unspecified atom stereocenters. The van der Waals surface area contributed by atoms with E-state index in [4.69, 9.17) is 0 Å². The van der Waals surface area contributed by atoms with Crippen molar-refractivity contribution in [2.45, 2.75) is 20.4 Å². The first-order valence-electron chi connectivity index (χ1n) is 6.92. The van der Waals surface area contributed by atoms with Crippen molar-refractivity contribution in [2.75, 3.05) is 18.5 Å². The first kappa shape index (κ1) is 15.1. The Labute approximate surface area is 129 Å². The van der Waals surface area contributed by atoms with E-state index in [-0.39, 0.29) is 0 Å².